The van der Waals surface area contributed by atoms with Gasteiger partial charge >= 0.3 is 6.09 Å². The van der Waals surface area contributed by atoms with Crippen LogP contribution in [0.4, 0.5) is 9.18 Å². The van der Waals surface area contributed by atoms with Crippen LogP contribution < -0.4 is 15.4 Å². The van der Waals surface area contributed by atoms with Crippen LogP contribution >= 0.6 is 0 Å². The number of carbonyl (C=O) groups is 4. The van der Waals surface area contributed by atoms with E-state index in [1.807, 2.05) is 20.8 Å². The van der Waals surface area contributed by atoms with E-state index < -0.39 is 40.9 Å². The van der Waals surface area contributed by atoms with Gasteiger partial charge in [-0.3, -0.25) is 14.4 Å². The molecule has 0 aromatic heterocycles. The fourth-order valence-corrected chi connectivity index (χ4v) is 5.63. The number of halogens is 1. The first-order valence-electron chi connectivity index (χ1n) is 14.0. The number of hydrogen-bond acceptors (Lipinski definition) is 6. The lowest BCUT2D eigenvalue weighted by Crippen LogP contribution is -2.62. The summed E-state index contributed by atoms with van der Waals surface area (Å²) < 4.78 is 24.7. The molecule has 40 heavy (non-hydrogen) atoms. The van der Waals surface area contributed by atoms with Crippen LogP contribution in [0.2, 0.25) is 0 Å². The summed E-state index contributed by atoms with van der Waals surface area (Å²) in [4.78, 5) is 56.8. The molecule has 3 aliphatic heterocycles. The first-order valence-corrected chi connectivity index (χ1v) is 14.0. The van der Waals surface area contributed by atoms with E-state index in [0.29, 0.717) is 50.1 Å². The molecule has 4 atom stereocenters. The fourth-order valence-electron chi connectivity index (χ4n) is 5.63. The van der Waals surface area contributed by atoms with Crippen molar-refractivity contribution in [2.75, 3.05) is 19.7 Å². The van der Waals surface area contributed by atoms with Gasteiger partial charge in [-0.25, -0.2) is 9.18 Å². The third-order valence-electron chi connectivity index (χ3n) is 7.44. The molecular formula is C29H41FN4O6. The largest absolute Gasteiger partial charge is 0.493 e. The van der Waals surface area contributed by atoms with Crippen molar-refractivity contribution in [2.45, 2.75) is 97.0 Å². The van der Waals surface area contributed by atoms with Gasteiger partial charge in [-0.05, 0) is 46.1 Å². The molecule has 4 amide bonds. The van der Waals surface area contributed by atoms with Gasteiger partial charge in [-0.2, -0.15) is 0 Å². The smallest absolute Gasteiger partial charge is 0.408 e. The monoisotopic (exact) mass is 560 g/mol. The van der Waals surface area contributed by atoms with Crippen LogP contribution in [0.3, 0.4) is 0 Å². The molecule has 0 bridgehead atoms. The van der Waals surface area contributed by atoms with E-state index in [-0.39, 0.29) is 30.4 Å². The number of ether oxygens (including phenoxy) is 2. The van der Waals surface area contributed by atoms with E-state index in [1.165, 1.54) is 12.1 Å². The van der Waals surface area contributed by atoms with Gasteiger partial charge in [-0.1, -0.05) is 26.8 Å². The van der Waals surface area contributed by atoms with E-state index >= 15 is 0 Å². The Morgan fingerprint density at radius 1 is 1.00 bits per heavy atom. The minimum Gasteiger partial charge on any atom is -0.493 e. The molecule has 3 aliphatic rings. The highest BCUT2D eigenvalue weighted by Gasteiger charge is 2.46. The molecule has 4 rings (SSSR count). The van der Waals surface area contributed by atoms with Crippen molar-refractivity contribution in [3.05, 3.63) is 29.6 Å². The Bertz CT molecular complexity index is 1160. The predicted molar refractivity (Wildman–Crippen MR) is 145 cm³/mol. The van der Waals surface area contributed by atoms with Crippen LogP contribution in [0.25, 0.3) is 0 Å². The third kappa shape index (κ3) is 6.67. The van der Waals surface area contributed by atoms with Gasteiger partial charge in [0.1, 0.15) is 29.3 Å². The summed E-state index contributed by atoms with van der Waals surface area (Å²) in [6, 6.07) is 1.78. The SMILES string of the molecule is CC(C)(C)OC(=O)N[C@H]1CN(C(=O)C(C)(C)C)CC[C@H]2CC[C@@H](C(=O)N[C@@H]3CCOc4cc(F)ccc43)N2C1=O. The minimum atomic E-state index is -1.08. The van der Waals surface area contributed by atoms with Crippen molar-refractivity contribution in [2.24, 2.45) is 5.41 Å². The predicted octanol–water partition coefficient (Wildman–Crippen LogP) is 3.30. The maximum absolute atomic E-state index is 14.0. The molecule has 1 aromatic rings. The average Bonchev–Trinajstić information content (AvgIpc) is 3.26. The van der Waals surface area contributed by atoms with Gasteiger partial charge < -0.3 is 29.9 Å². The van der Waals surface area contributed by atoms with Gasteiger partial charge in [0.25, 0.3) is 0 Å². The molecule has 0 spiro atoms. The highest BCUT2D eigenvalue weighted by Crippen LogP contribution is 2.35. The number of nitrogens with zero attached hydrogens (tertiary/aromatic N) is 2. The summed E-state index contributed by atoms with van der Waals surface area (Å²) in [5.41, 5.74) is -0.758. The van der Waals surface area contributed by atoms with E-state index in [2.05, 4.69) is 10.6 Å². The molecule has 11 heteroatoms. The van der Waals surface area contributed by atoms with Crippen LogP contribution in [-0.4, -0.2) is 77.0 Å². The lowest BCUT2D eigenvalue weighted by molar-refractivity contribution is -0.148. The maximum atomic E-state index is 14.0. The highest BCUT2D eigenvalue weighted by molar-refractivity contribution is 5.93. The molecule has 2 fully saturated rings. The van der Waals surface area contributed by atoms with Crippen molar-refractivity contribution in [1.29, 1.82) is 0 Å². The van der Waals surface area contributed by atoms with Gasteiger partial charge in [-0.15, -0.1) is 0 Å². The second-order valence-electron chi connectivity index (χ2n) is 12.9. The Morgan fingerprint density at radius 2 is 1.73 bits per heavy atom. The van der Waals surface area contributed by atoms with Crippen LogP contribution in [0, 0.1) is 11.2 Å². The number of benzene rings is 1. The summed E-state index contributed by atoms with van der Waals surface area (Å²) in [6.07, 6.45) is 1.32. The minimum absolute atomic E-state index is 0.0232. The summed E-state index contributed by atoms with van der Waals surface area (Å²) >= 11 is 0. The summed E-state index contributed by atoms with van der Waals surface area (Å²) in [6.45, 7) is 11.3. The normalized spacial score (nSPS) is 25.1. The number of fused-ring (bicyclic) bond motifs is 2. The van der Waals surface area contributed by atoms with Crippen LogP contribution in [-0.2, 0) is 19.1 Å². The molecule has 0 aliphatic carbocycles. The fraction of sp³-hybridized carbons (Fsp3) is 0.655. The Balaban J connectivity index is 1.56. The molecular weight excluding hydrogens is 519 g/mol. The van der Waals surface area contributed by atoms with E-state index in [0.717, 1.165) is 0 Å². The highest BCUT2D eigenvalue weighted by atomic mass is 19.1. The first kappa shape index (κ1) is 29.6. The second-order valence-corrected chi connectivity index (χ2v) is 12.9. The third-order valence-corrected chi connectivity index (χ3v) is 7.44. The van der Waals surface area contributed by atoms with Crippen molar-refractivity contribution in [1.82, 2.24) is 20.4 Å². The van der Waals surface area contributed by atoms with Crippen LogP contribution in [0.5, 0.6) is 5.75 Å². The van der Waals surface area contributed by atoms with Crippen molar-refractivity contribution >= 4 is 23.8 Å². The van der Waals surface area contributed by atoms with Gasteiger partial charge in [0.2, 0.25) is 17.7 Å². The number of carbonyl (C=O) groups excluding carboxylic acids is 4. The maximum Gasteiger partial charge on any atom is 0.408 e. The molecule has 0 unspecified atom stereocenters. The van der Waals surface area contributed by atoms with Crippen LogP contribution in [0.15, 0.2) is 18.2 Å². The number of rotatable bonds is 3. The van der Waals surface area contributed by atoms with E-state index in [4.69, 9.17) is 9.47 Å². The van der Waals surface area contributed by atoms with Crippen LogP contribution in [0.1, 0.15) is 78.8 Å². The lowest BCUT2D eigenvalue weighted by Gasteiger charge is -2.40. The Hall–Kier alpha value is -3.37. The van der Waals surface area contributed by atoms with Gasteiger partial charge in [0.05, 0.1) is 19.2 Å². The molecule has 3 heterocycles. The number of hydrogen-bond donors (Lipinski definition) is 2. The lowest BCUT2D eigenvalue weighted by atomic mass is 9.93. The number of amides is 4. The molecule has 10 nitrogen and oxygen atoms in total. The number of alkyl carbamates (subject to hydrolysis) is 1. The van der Waals surface area contributed by atoms with Crippen molar-refractivity contribution in [3.63, 3.8) is 0 Å². The summed E-state index contributed by atoms with van der Waals surface area (Å²) in [5, 5.41) is 5.72. The van der Waals surface area contributed by atoms with Crippen molar-refractivity contribution in [3.8, 4) is 5.75 Å². The molecule has 2 saturated heterocycles. The average molecular weight is 561 g/mol. The van der Waals surface area contributed by atoms with Gasteiger partial charge in [0.15, 0.2) is 0 Å². The Labute approximate surface area is 234 Å². The Morgan fingerprint density at radius 3 is 2.40 bits per heavy atom. The van der Waals surface area contributed by atoms with Gasteiger partial charge in [0, 0.05) is 36.1 Å². The zero-order chi connectivity index (χ0) is 29.4. The molecule has 0 radical (unpaired) electrons. The molecule has 1 aromatic carbocycles. The van der Waals surface area contributed by atoms with E-state index in [9.17, 15) is 23.6 Å². The molecule has 0 saturated carbocycles. The topological polar surface area (TPSA) is 117 Å². The van der Waals surface area contributed by atoms with E-state index in [1.54, 1.807) is 36.6 Å². The zero-order valence-electron chi connectivity index (χ0n) is 24.2. The molecule has 220 valence electrons. The summed E-state index contributed by atoms with van der Waals surface area (Å²) in [5.74, 6) is -0.871. The number of nitrogens with one attached hydrogen (secondary N) is 2. The standard InChI is InChI=1S/C29H41FN4O6/c1-28(2,3)26(37)33-13-11-18-8-10-22(34(18)25(36)21(16-33)32-27(38)40-29(4,5)6)24(35)31-20-12-14-39-23-15-17(30)7-9-19(20)23/h7,9,15,18,20-22H,8,10-14,16H2,1-6H3,(H,31,35)(H,32,38)/t18-,20-,21+,22+/m1/s1. The first-order chi connectivity index (χ1) is 18.6. The molecule has 2 N–H and O–H groups in total. The summed E-state index contributed by atoms with van der Waals surface area (Å²) in [7, 11) is 0. The second kappa shape index (κ2) is 11.2. The Kier molecular flexibility index (Phi) is 8.33. The quantitative estimate of drug-likeness (QED) is 0.586. The zero-order valence-corrected chi connectivity index (χ0v) is 24.2. The van der Waals surface area contributed by atoms with Crippen molar-refractivity contribution < 1.29 is 33.0 Å².